The summed E-state index contributed by atoms with van der Waals surface area (Å²) in [7, 11) is 1.64. The summed E-state index contributed by atoms with van der Waals surface area (Å²) in [6, 6.07) is 15.6. The Hall–Kier alpha value is -2.64. The highest BCUT2D eigenvalue weighted by atomic mass is 32.2. The van der Waals surface area contributed by atoms with E-state index < -0.39 is 0 Å². The number of rotatable bonds is 11. The Morgan fingerprint density at radius 1 is 1.12 bits per heavy atom. The number of methoxy groups -OCH3 is 1. The Balaban J connectivity index is 1.68. The maximum Gasteiger partial charge on any atom is 0.262 e. The zero-order chi connectivity index (χ0) is 23.8. The molecule has 0 aliphatic rings. The van der Waals surface area contributed by atoms with E-state index in [-0.39, 0.29) is 23.3 Å². The summed E-state index contributed by atoms with van der Waals surface area (Å²) in [4.78, 5) is 30.3. The van der Waals surface area contributed by atoms with Crippen molar-refractivity contribution < 1.29 is 9.53 Å². The first-order valence-corrected chi connectivity index (χ1v) is 12.4. The van der Waals surface area contributed by atoms with Crippen LogP contribution in [-0.2, 0) is 22.5 Å². The van der Waals surface area contributed by atoms with Crippen LogP contribution in [0, 0.1) is 5.92 Å². The molecule has 6 nitrogen and oxygen atoms in total. The van der Waals surface area contributed by atoms with Gasteiger partial charge < -0.3 is 10.1 Å². The fraction of sp³-hybridized carbons (Fsp3) is 0.423. The second kappa shape index (κ2) is 12.0. The first-order valence-electron chi connectivity index (χ1n) is 11.4. The Labute approximate surface area is 199 Å². The minimum atomic E-state index is -0.0975. The molecule has 0 saturated carbocycles. The summed E-state index contributed by atoms with van der Waals surface area (Å²) in [5.41, 5.74) is 2.93. The molecule has 1 amide bonds. The van der Waals surface area contributed by atoms with E-state index in [0.29, 0.717) is 41.5 Å². The molecule has 176 valence electrons. The van der Waals surface area contributed by atoms with Crippen molar-refractivity contribution in [2.45, 2.75) is 51.4 Å². The molecule has 0 radical (unpaired) electrons. The zero-order valence-electron chi connectivity index (χ0n) is 19.8. The molecule has 1 aromatic heterocycles. The quantitative estimate of drug-likeness (QED) is 0.253. The number of fused-ring (bicyclic) bond motifs is 1. The number of hydrogen-bond acceptors (Lipinski definition) is 5. The Morgan fingerprint density at radius 3 is 2.55 bits per heavy atom. The number of nitrogens with zero attached hydrogens (tertiary/aromatic N) is 2. The van der Waals surface area contributed by atoms with Crippen molar-refractivity contribution in [1.82, 2.24) is 14.9 Å². The third kappa shape index (κ3) is 6.92. The third-order valence-electron chi connectivity index (χ3n) is 5.39. The maximum absolute atomic E-state index is 13.0. The highest BCUT2D eigenvalue weighted by molar-refractivity contribution is 7.99. The van der Waals surface area contributed by atoms with E-state index in [0.717, 1.165) is 12.0 Å². The van der Waals surface area contributed by atoms with Crippen molar-refractivity contribution in [3.8, 4) is 0 Å². The molecule has 0 aliphatic carbocycles. The minimum Gasteiger partial charge on any atom is -0.385 e. The lowest BCUT2D eigenvalue weighted by molar-refractivity contribution is -0.119. The standard InChI is InChI=1S/C26H33N3O3S/c1-18(2)16-20-10-12-21(13-11-20)19(3)27-24(30)17-33-26-28-23-9-6-5-8-22(23)25(31)29(26)14-7-15-32-4/h5-6,8-13,18-19H,7,14-17H2,1-4H3,(H,27,30). The predicted molar refractivity (Wildman–Crippen MR) is 135 cm³/mol. The van der Waals surface area contributed by atoms with Crippen LogP contribution in [0.2, 0.25) is 0 Å². The molecule has 2 aromatic carbocycles. The summed E-state index contributed by atoms with van der Waals surface area (Å²) >= 11 is 1.29. The van der Waals surface area contributed by atoms with Crippen LogP contribution in [0.15, 0.2) is 58.5 Å². The first-order chi connectivity index (χ1) is 15.9. The van der Waals surface area contributed by atoms with Crippen LogP contribution < -0.4 is 10.9 Å². The van der Waals surface area contributed by atoms with Crippen LogP contribution in [0.3, 0.4) is 0 Å². The smallest absolute Gasteiger partial charge is 0.262 e. The summed E-state index contributed by atoms with van der Waals surface area (Å²) in [5.74, 6) is 0.704. The van der Waals surface area contributed by atoms with Crippen molar-refractivity contribution >= 4 is 28.6 Å². The largest absolute Gasteiger partial charge is 0.385 e. The van der Waals surface area contributed by atoms with Gasteiger partial charge in [0.15, 0.2) is 5.16 Å². The lowest BCUT2D eigenvalue weighted by Gasteiger charge is -2.16. The van der Waals surface area contributed by atoms with Gasteiger partial charge in [0.05, 0.1) is 22.7 Å². The molecule has 3 aromatic rings. The average Bonchev–Trinajstić information content (AvgIpc) is 2.79. The van der Waals surface area contributed by atoms with Gasteiger partial charge in [-0.2, -0.15) is 0 Å². The summed E-state index contributed by atoms with van der Waals surface area (Å²) in [6.07, 6.45) is 1.74. The first kappa shape index (κ1) is 25.0. The van der Waals surface area contributed by atoms with E-state index in [1.54, 1.807) is 17.7 Å². The third-order valence-corrected chi connectivity index (χ3v) is 6.37. The molecule has 1 heterocycles. The van der Waals surface area contributed by atoms with Crippen molar-refractivity contribution in [3.63, 3.8) is 0 Å². The number of amides is 1. The van der Waals surface area contributed by atoms with E-state index in [4.69, 9.17) is 4.74 Å². The topological polar surface area (TPSA) is 73.2 Å². The summed E-state index contributed by atoms with van der Waals surface area (Å²) in [6.45, 7) is 7.44. The van der Waals surface area contributed by atoms with Gasteiger partial charge in [0.2, 0.25) is 5.91 Å². The number of hydrogen-bond donors (Lipinski definition) is 1. The lowest BCUT2D eigenvalue weighted by atomic mass is 10.00. The Bertz CT molecular complexity index is 1130. The van der Waals surface area contributed by atoms with Crippen molar-refractivity contribution in [1.29, 1.82) is 0 Å². The fourth-order valence-electron chi connectivity index (χ4n) is 3.73. The van der Waals surface area contributed by atoms with Gasteiger partial charge in [-0.25, -0.2) is 4.98 Å². The van der Waals surface area contributed by atoms with Gasteiger partial charge in [0, 0.05) is 20.3 Å². The number of benzene rings is 2. The molecule has 0 fully saturated rings. The van der Waals surface area contributed by atoms with Crippen molar-refractivity contribution in [3.05, 3.63) is 70.0 Å². The SMILES string of the molecule is COCCCn1c(SCC(=O)NC(C)c2ccc(CC(C)C)cc2)nc2ccccc2c1=O. The zero-order valence-corrected chi connectivity index (χ0v) is 20.7. The summed E-state index contributed by atoms with van der Waals surface area (Å²) < 4.78 is 6.78. The molecule has 1 unspecified atom stereocenters. The molecule has 0 aliphatic heterocycles. The fourth-order valence-corrected chi connectivity index (χ4v) is 4.57. The van der Waals surface area contributed by atoms with E-state index in [2.05, 4.69) is 48.4 Å². The second-order valence-corrected chi connectivity index (χ2v) is 9.57. The predicted octanol–water partition coefficient (Wildman–Crippen LogP) is 4.60. The maximum atomic E-state index is 13.0. The number of nitrogens with one attached hydrogen (secondary N) is 1. The van der Waals surface area contributed by atoms with Crippen LogP contribution in [0.1, 0.15) is 44.4 Å². The molecule has 1 N–H and O–H groups in total. The second-order valence-electron chi connectivity index (χ2n) is 8.63. The monoisotopic (exact) mass is 467 g/mol. The Kier molecular flexibility index (Phi) is 9.09. The van der Waals surface area contributed by atoms with Crippen molar-refractivity contribution in [2.75, 3.05) is 19.5 Å². The number of para-hydroxylation sites is 1. The number of ether oxygens (including phenoxy) is 1. The summed E-state index contributed by atoms with van der Waals surface area (Å²) in [5, 5.41) is 4.19. The van der Waals surface area contributed by atoms with E-state index >= 15 is 0 Å². The van der Waals surface area contributed by atoms with E-state index in [1.807, 2.05) is 25.1 Å². The molecule has 3 rings (SSSR count). The molecule has 7 heteroatoms. The number of aromatic nitrogens is 2. The molecule has 0 bridgehead atoms. The highest BCUT2D eigenvalue weighted by Crippen LogP contribution is 2.20. The number of thioether (sulfide) groups is 1. The van der Waals surface area contributed by atoms with Crippen LogP contribution >= 0.6 is 11.8 Å². The van der Waals surface area contributed by atoms with Gasteiger partial charge >= 0.3 is 0 Å². The van der Waals surface area contributed by atoms with Crippen LogP contribution in [0.4, 0.5) is 0 Å². The van der Waals surface area contributed by atoms with E-state index in [9.17, 15) is 9.59 Å². The van der Waals surface area contributed by atoms with Gasteiger partial charge in [0.25, 0.3) is 5.56 Å². The van der Waals surface area contributed by atoms with Gasteiger partial charge in [0.1, 0.15) is 0 Å². The minimum absolute atomic E-state index is 0.0885. The van der Waals surface area contributed by atoms with Gasteiger partial charge in [-0.1, -0.05) is 62.0 Å². The molecular weight excluding hydrogens is 434 g/mol. The molecule has 33 heavy (non-hydrogen) atoms. The molecular formula is C26H33N3O3S. The lowest BCUT2D eigenvalue weighted by Crippen LogP contribution is -2.29. The average molecular weight is 468 g/mol. The van der Waals surface area contributed by atoms with Crippen LogP contribution in [-0.4, -0.2) is 34.9 Å². The normalized spacial score (nSPS) is 12.3. The number of carbonyl (C=O) groups is 1. The highest BCUT2D eigenvalue weighted by Gasteiger charge is 2.15. The molecule has 0 saturated heterocycles. The van der Waals surface area contributed by atoms with Gasteiger partial charge in [-0.15, -0.1) is 0 Å². The molecule has 0 spiro atoms. The van der Waals surface area contributed by atoms with Crippen LogP contribution in [0.25, 0.3) is 10.9 Å². The van der Waals surface area contributed by atoms with E-state index in [1.165, 1.54) is 17.3 Å². The van der Waals surface area contributed by atoms with Crippen molar-refractivity contribution in [2.24, 2.45) is 5.92 Å². The van der Waals surface area contributed by atoms with Gasteiger partial charge in [-0.3, -0.25) is 14.2 Å². The van der Waals surface area contributed by atoms with Gasteiger partial charge in [-0.05, 0) is 48.9 Å². The Morgan fingerprint density at radius 2 is 1.85 bits per heavy atom. The number of carbonyl (C=O) groups excluding carboxylic acids is 1. The molecule has 1 atom stereocenters. The van der Waals surface area contributed by atoms with Crippen LogP contribution in [0.5, 0.6) is 0 Å².